The van der Waals surface area contributed by atoms with Crippen LogP contribution in [-0.2, 0) is 6.42 Å². The van der Waals surface area contributed by atoms with Crippen molar-refractivity contribution in [1.29, 1.82) is 5.26 Å². The van der Waals surface area contributed by atoms with Crippen molar-refractivity contribution < 1.29 is 14.3 Å². The van der Waals surface area contributed by atoms with Gasteiger partial charge in [-0.1, -0.05) is 12.1 Å². The Balaban J connectivity index is 2.20. The van der Waals surface area contributed by atoms with Gasteiger partial charge in [0.1, 0.15) is 0 Å². The van der Waals surface area contributed by atoms with Crippen molar-refractivity contribution >= 4 is 5.97 Å². The van der Waals surface area contributed by atoms with Crippen molar-refractivity contribution in [3.8, 4) is 17.7 Å². The van der Waals surface area contributed by atoms with Gasteiger partial charge in [-0.3, -0.25) is 0 Å². The molecule has 1 heterocycles. The van der Waals surface area contributed by atoms with E-state index in [1.54, 1.807) is 42.6 Å². The number of aromatic nitrogens is 1. The van der Waals surface area contributed by atoms with Crippen LogP contribution in [0.5, 0.6) is 11.6 Å². The van der Waals surface area contributed by atoms with Crippen LogP contribution in [-0.4, -0.2) is 18.1 Å². The molecule has 5 nitrogen and oxygen atoms in total. The molecule has 0 saturated carbocycles. The molecule has 0 saturated heterocycles. The summed E-state index contributed by atoms with van der Waals surface area (Å²) in [6.07, 6.45) is 1.79. The summed E-state index contributed by atoms with van der Waals surface area (Å²) in [6, 6.07) is 12.0. The topological polar surface area (TPSA) is 72.2 Å². The molecule has 5 heteroatoms. The first-order valence-electron chi connectivity index (χ1n) is 5.91. The van der Waals surface area contributed by atoms with Crippen molar-refractivity contribution in [2.24, 2.45) is 0 Å². The molecule has 0 unspecified atom stereocenters. The molecule has 0 atom stereocenters. The highest BCUT2D eigenvalue weighted by atomic mass is 16.6. The second-order valence-corrected chi connectivity index (χ2v) is 3.94. The van der Waals surface area contributed by atoms with Crippen LogP contribution in [0.25, 0.3) is 0 Å². The normalized spacial score (nSPS) is 9.60. The van der Waals surface area contributed by atoms with E-state index in [2.05, 4.69) is 4.98 Å². The smallest absolute Gasteiger partial charge is 0.343 e. The Kier molecular flexibility index (Phi) is 4.30. The monoisotopic (exact) mass is 268 g/mol. The lowest BCUT2D eigenvalue weighted by Crippen LogP contribution is -2.10. The Morgan fingerprint density at radius 2 is 2.20 bits per heavy atom. The quantitative estimate of drug-likeness (QED) is 0.796. The van der Waals surface area contributed by atoms with E-state index >= 15 is 0 Å². The van der Waals surface area contributed by atoms with Crippen molar-refractivity contribution in [1.82, 2.24) is 4.98 Å². The minimum Gasteiger partial charge on any atom is -0.478 e. The van der Waals surface area contributed by atoms with E-state index in [1.165, 1.54) is 7.11 Å². The van der Waals surface area contributed by atoms with Crippen LogP contribution in [0.1, 0.15) is 15.9 Å². The lowest BCUT2D eigenvalue weighted by Gasteiger charge is -2.08. The fraction of sp³-hybridized carbons (Fsp3) is 0.133. The zero-order valence-corrected chi connectivity index (χ0v) is 10.9. The summed E-state index contributed by atoms with van der Waals surface area (Å²) < 4.78 is 10.3. The molecule has 1 aromatic heterocycles. The average molecular weight is 268 g/mol. The molecule has 20 heavy (non-hydrogen) atoms. The predicted octanol–water partition coefficient (Wildman–Crippen LogP) is 2.38. The Bertz CT molecular complexity index is 662. The first kappa shape index (κ1) is 13.6. The summed E-state index contributed by atoms with van der Waals surface area (Å²) in [5, 5.41) is 8.66. The maximum absolute atomic E-state index is 12.1. The van der Waals surface area contributed by atoms with Crippen LogP contribution >= 0.6 is 0 Å². The summed E-state index contributed by atoms with van der Waals surface area (Å²) >= 11 is 0. The zero-order chi connectivity index (χ0) is 14.4. The number of methoxy groups -OCH3 is 1. The first-order chi connectivity index (χ1) is 9.74. The zero-order valence-electron chi connectivity index (χ0n) is 10.9. The van der Waals surface area contributed by atoms with E-state index in [-0.39, 0.29) is 18.1 Å². The number of ether oxygens (including phenoxy) is 2. The number of hydrogen-bond donors (Lipinski definition) is 0. The molecule has 0 bridgehead atoms. The maximum atomic E-state index is 12.1. The van der Waals surface area contributed by atoms with Gasteiger partial charge < -0.3 is 9.47 Å². The van der Waals surface area contributed by atoms with E-state index < -0.39 is 5.97 Å². The number of pyridine rings is 1. The standard InChI is InChI=1S/C15H12N2O3/c1-19-14-13(6-3-9-17-14)20-15(18)12-5-2-4-11(10-12)7-8-16/h2-6,9-10H,7H2,1H3. The number of nitriles is 1. The average Bonchev–Trinajstić information content (AvgIpc) is 2.48. The van der Waals surface area contributed by atoms with Gasteiger partial charge in [0.25, 0.3) is 5.88 Å². The van der Waals surface area contributed by atoms with Crippen molar-refractivity contribution in [2.75, 3.05) is 7.11 Å². The maximum Gasteiger partial charge on any atom is 0.343 e. The van der Waals surface area contributed by atoms with Crippen molar-refractivity contribution in [3.63, 3.8) is 0 Å². The van der Waals surface area contributed by atoms with E-state index in [1.807, 2.05) is 6.07 Å². The number of carbonyl (C=O) groups excluding carboxylic acids is 1. The number of esters is 1. The second kappa shape index (κ2) is 6.34. The van der Waals surface area contributed by atoms with Gasteiger partial charge >= 0.3 is 5.97 Å². The van der Waals surface area contributed by atoms with Crippen LogP contribution in [0.15, 0.2) is 42.6 Å². The van der Waals surface area contributed by atoms with Crippen LogP contribution in [0.4, 0.5) is 0 Å². The highest BCUT2D eigenvalue weighted by Crippen LogP contribution is 2.23. The Labute approximate surface area is 116 Å². The van der Waals surface area contributed by atoms with Crippen molar-refractivity contribution in [2.45, 2.75) is 6.42 Å². The Morgan fingerprint density at radius 1 is 1.35 bits per heavy atom. The Morgan fingerprint density at radius 3 is 2.95 bits per heavy atom. The van der Waals surface area contributed by atoms with Crippen LogP contribution in [0.3, 0.4) is 0 Å². The summed E-state index contributed by atoms with van der Waals surface area (Å²) in [7, 11) is 1.45. The SMILES string of the molecule is COc1ncccc1OC(=O)c1cccc(CC#N)c1. The van der Waals surface area contributed by atoms with Crippen LogP contribution < -0.4 is 9.47 Å². The van der Waals surface area contributed by atoms with Gasteiger partial charge in [-0.05, 0) is 29.8 Å². The second-order valence-electron chi connectivity index (χ2n) is 3.94. The lowest BCUT2D eigenvalue weighted by molar-refractivity contribution is 0.0728. The molecule has 0 radical (unpaired) electrons. The van der Waals surface area contributed by atoms with Gasteiger partial charge in [-0.2, -0.15) is 5.26 Å². The largest absolute Gasteiger partial charge is 0.478 e. The molecule has 0 N–H and O–H groups in total. The first-order valence-corrected chi connectivity index (χ1v) is 5.91. The fourth-order valence-electron chi connectivity index (χ4n) is 1.67. The third kappa shape index (κ3) is 3.12. The minimum atomic E-state index is -0.518. The predicted molar refractivity (Wildman–Crippen MR) is 71.5 cm³/mol. The van der Waals surface area contributed by atoms with E-state index in [4.69, 9.17) is 14.7 Å². The molecule has 1 aromatic carbocycles. The third-order valence-corrected chi connectivity index (χ3v) is 2.58. The summed E-state index contributed by atoms with van der Waals surface area (Å²) in [5.41, 5.74) is 1.14. The highest BCUT2D eigenvalue weighted by molar-refractivity contribution is 5.91. The molecule has 0 aliphatic heterocycles. The highest BCUT2D eigenvalue weighted by Gasteiger charge is 2.13. The number of carbonyl (C=O) groups is 1. The number of hydrogen-bond acceptors (Lipinski definition) is 5. The number of benzene rings is 1. The van der Waals surface area contributed by atoms with Crippen molar-refractivity contribution in [3.05, 3.63) is 53.7 Å². The van der Waals surface area contributed by atoms with Crippen LogP contribution in [0.2, 0.25) is 0 Å². The van der Waals surface area contributed by atoms with Gasteiger partial charge in [0, 0.05) is 6.20 Å². The molecule has 100 valence electrons. The molecule has 0 aliphatic rings. The number of rotatable bonds is 4. The fourth-order valence-corrected chi connectivity index (χ4v) is 1.67. The molecule has 2 aromatic rings. The van der Waals surface area contributed by atoms with E-state index in [0.717, 1.165) is 5.56 Å². The van der Waals surface area contributed by atoms with Gasteiger partial charge in [0.05, 0.1) is 25.2 Å². The van der Waals surface area contributed by atoms with Crippen LogP contribution in [0, 0.1) is 11.3 Å². The Hall–Kier alpha value is -2.87. The molecule has 0 spiro atoms. The molecule has 2 rings (SSSR count). The third-order valence-electron chi connectivity index (χ3n) is 2.58. The summed E-state index contributed by atoms with van der Waals surface area (Å²) in [6.45, 7) is 0. The van der Waals surface area contributed by atoms with Gasteiger partial charge in [-0.15, -0.1) is 0 Å². The van der Waals surface area contributed by atoms with E-state index in [9.17, 15) is 4.79 Å². The molecule has 0 amide bonds. The molecular formula is C15H12N2O3. The molecule has 0 fully saturated rings. The van der Waals surface area contributed by atoms with Gasteiger partial charge in [0.15, 0.2) is 5.75 Å². The van der Waals surface area contributed by atoms with E-state index in [0.29, 0.717) is 5.56 Å². The summed E-state index contributed by atoms with van der Waals surface area (Å²) in [4.78, 5) is 16.0. The van der Waals surface area contributed by atoms with Gasteiger partial charge in [0.2, 0.25) is 0 Å². The number of nitrogens with zero attached hydrogens (tertiary/aromatic N) is 2. The summed E-state index contributed by atoms with van der Waals surface area (Å²) in [5.74, 6) is -0.0178. The van der Waals surface area contributed by atoms with Gasteiger partial charge in [-0.25, -0.2) is 9.78 Å². The molecular weight excluding hydrogens is 256 g/mol. The molecule has 0 aliphatic carbocycles. The lowest BCUT2D eigenvalue weighted by atomic mass is 10.1. The minimum absolute atomic E-state index is 0.244.